The molecule has 1 amide bonds. The van der Waals surface area contributed by atoms with Crippen molar-refractivity contribution in [2.45, 2.75) is 13.8 Å². The Labute approximate surface area is 149 Å². The first-order valence-electron chi connectivity index (χ1n) is 7.90. The summed E-state index contributed by atoms with van der Waals surface area (Å²) in [6, 6.07) is 13.8. The van der Waals surface area contributed by atoms with E-state index >= 15 is 0 Å². The van der Waals surface area contributed by atoms with Crippen molar-refractivity contribution in [3.8, 4) is 5.13 Å². The molecular formula is C19H16N4OS. The van der Waals surface area contributed by atoms with Gasteiger partial charge >= 0.3 is 0 Å². The molecular weight excluding hydrogens is 332 g/mol. The first kappa shape index (κ1) is 15.5. The van der Waals surface area contributed by atoms with Crippen LogP contribution < -0.4 is 5.32 Å². The fourth-order valence-corrected chi connectivity index (χ4v) is 3.72. The fraction of sp³-hybridized carbons (Fsp3) is 0.105. The van der Waals surface area contributed by atoms with E-state index in [0.29, 0.717) is 5.69 Å². The second-order valence-electron chi connectivity index (χ2n) is 5.72. The Balaban J connectivity index is 1.71. The van der Waals surface area contributed by atoms with Crippen molar-refractivity contribution < 1.29 is 4.79 Å². The molecule has 0 aliphatic rings. The third kappa shape index (κ3) is 2.70. The zero-order valence-electron chi connectivity index (χ0n) is 13.9. The molecule has 0 spiro atoms. The second-order valence-corrected chi connectivity index (χ2v) is 6.60. The average molecular weight is 348 g/mol. The van der Waals surface area contributed by atoms with E-state index in [1.165, 1.54) is 11.3 Å². The van der Waals surface area contributed by atoms with Crippen LogP contribution in [0.1, 0.15) is 22.0 Å². The van der Waals surface area contributed by atoms with Gasteiger partial charge in [-0.2, -0.15) is 0 Å². The number of fused-ring (bicyclic) bond motifs is 1. The summed E-state index contributed by atoms with van der Waals surface area (Å²) in [4.78, 5) is 21.6. The van der Waals surface area contributed by atoms with Crippen LogP contribution in [0.4, 0.5) is 5.69 Å². The van der Waals surface area contributed by atoms with Gasteiger partial charge in [-0.25, -0.2) is 9.97 Å². The monoisotopic (exact) mass is 348 g/mol. The van der Waals surface area contributed by atoms with Gasteiger partial charge in [0.25, 0.3) is 5.91 Å². The van der Waals surface area contributed by atoms with Gasteiger partial charge < -0.3 is 5.32 Å². The highest BCUT2D eigenvalue weighted by Crippen LogP contribution is 2.25. The van der Waals surface area contributed by atoms with E-state index in [1.54, 1.807) is 6.20 Å². The van der Waals surface area contributed by atoms with E-state index in [9.17, 15) is 4.79 Å². The van der Waals surface area contributed by atoms with E-state index in [1.807, 2.05) is 66.3 Å². The first-order valence-corrected chi connectivity index (χ1v) is 8.78. The molecule has 0 saturated heterocycles. The molecule has 5 nitrogen and oxygen atoms in total. The second kappa shape index (κ2) is 6.14. The highest BCUT2D eigenvalue weighted by molar-refractivity contribution is 7.12. The molecule has 1 N–H and O–H groups in total. The van der Waals surface area contributed by atoms with Crippen molar-refractivity contribution in [2.24, 2.45) is 0 Å². The molecule has 0 aliphatic heterocycles. The van der Waals surface area contributed by atoms with Crippen LogP contribution in [0, 0.1) is 13.8 Å². The smallest absolute Gasteiger partial charge is 0.276 e. The Hall–Kier alpha value is -2.99. The lowest BCUT2D eigenvalue weighted by molar-refractivity contribution is 0.102. The Morgan fingerprint density at radius 1 is 1.12 bits per heavy atom. The molecule has 2 aromatic carbocycles. The number of carbonyl (C=O) groups excluding carboxylic acids is 1. The summed E-state index contributed by atoms with van der Waals surface area (Å²) < 4.78 is 1.91. The third-order valence-electron chi connectivity index (χ3n) is 4.14. The number of nitrogens with one attached hydrogen (secondary N) is 1. The van der Waals surface area contributed by atoms with Crippen LogP contribution >= 0.6 is 11.3 Å². The van der Waals surface area contributed by atoms with Gasteiger partial charge in [-0.05, 0) is 25.3 Å². The number of hydrogen-bond donors (Lipinski definition) is 1. The van der Waals surface area contributed by atoms with Crippen molar-refractivity contribution in [3.63, 3.8) is 0 Å². The number of nitrogens with zero attached hydrogens (tertiary/aromatic N) is 3. The summed E-state index contributed by atoms with van der Waals surface area (Å²) in [5.74, 6) is 0.530. The number of amides is 1. The minimum Gasteiger partial charge on any atom is -0.320 e. The third-order valence-corrected chi connectivity index (χ3v) is 4.90. The quantitative estimate of drug-likeness (QED) is 0.599. The van der Waals surface area contributed by atoms with Gasteiger partial charge in [0, 0.05) is 22.7 Å². The molecule has 0 aliphatic carbocycles. The standard InChI is InChI=1S/C19H16N4OS/c1-12-17(21-13(2)23(12)19-20-10-11-25-19)18(24)22-16-9-5-7-14-6-3-4-8-15(14)16/h3-11H,1-2H3,(H,22,24). The van der Waals surface area contributed by atoms with Crippen molar-refractivity contribution in [3.05, 3.63) is 71.3 Å². The number of carbonyl (C=O) groups is 1. The van der Waals surface area contributed by atoms with Crippen LogP contribution in [0.5, 0.6) is 0 Å². The molecule has 4 aromatic rings. The molecule has 6 heteroatoms. The van der Waals surface area contributed by atoms with E-state index < -0.39 is 0 Å². The summed E-state index contributed by atoms with van der Waals surface area (Å²) in [6.07, 6.45) is 1.74. The zero-order valence-corrected chi connectivity index (χ0v) is 14.7. The highest BCUT2D eigenvalue weighted by Gasteiger charge is 2.20. The molecule has 0 bridgehead atoms. The van der Waals surface area contributed by atoms with Gasteiger partial charge in [0.05, 0.1) is 5.69 Å². The molecule has 0 atom stereocenters. The normalized spacial score (nSPS) is 11.0. The maximum atomic E-state index is 12.8. The van der Waals surface area contributed by atoms with E-state index in [2.05, 4.69) is 15.3 Å². The number of hydrogen-bond acceptors (Lipinski definition) is 4. The highest BCUT2D eigenvalue weighted by atomic mass is 32.1. The van der Waals surface area contributed by atoms with Gasteiger partial charge in [0.1, 0.15) is 11.5 Å². The Bertz CT molecular complexity index is 1060. The average Bonchev–Trinajstić information content (AvgIpc) is 3.23. The Morgan fingerprint density at radius 3 is 2.72 bits per heavy atom. The lowest BCUT2D eigenvalue weighted by atomic mass is 10.1. The van der Waals surface area contributed by atoms with Crippen molar-refractivity contribution in [1.82, 2.24) is 14.5 Å². The van der Waals surface area contributed by atoms with Crippen LogP contribution in [-0.4, -0.2) is 20.4 Å². The molecule has 0 unspecified atom stereocenters. The number of benzene rings is 2. The fourth-order valence-electron chi connectivity index (χ4n) is 2.98. The molecule has 0 radical (unpaired) electrons. The van der Waals surface area contributed by atoms with Crippen molar-refractivity contribution in [2.75, 3.05) is 5.32 Å². The van der Waals surface area contributed by atoms with Gasteiger partial charge in [-0.1, -0.05) is 36.4 Å². The summed E-state index contributed by atoms with van der Waals surface area (Å²) in [5.41, 5.74) is 1.98. The molecule has 124 valence electrons. The van der Waals surface area contributed by atoms with Crippen molar-refractivity contribution in [1.29, 1.82) is 0 Å². The van der Waals surface area contributed by atoms with E-state index in [-0.39, 0.29) is 5.91 Å². The number of anilines is 1. The molecule has 2 heterocycles. The number of rotatable bonds is 3. The number of imidazole rings is 1. The largest absolute Gasteiger partial charge is 0.320 e. The van der Waals surface area contributed by atoms with Crippen LogP contribution in [0.25, 0.3) is 15.9 Å². The minimum atomic E-state index is -0.216. The van der Waals surface area contributed by atoms with Crippen LogP contribution in [0.3, 0.4) is 0 Å². The van der Waals surface area contributed by atoms with Gasteiger partial charge in [-0.15, -0.1) is 11.3 Å². The minimum absolute atomic E-state index is 0.216. The van der Waals surface area contributed by atoms with Crippen LogP contribution in [0.2, 0.25) is 0 Å². The molecule has 0 fully saturated rings. The summed E-state index contributed by atoms with van der Waals surface area (Å²) in [5, 5.41) is 7.81. The molecule has 0 saturated carbocycles. The number of thiazole rings is 1. The lowest BCUT2D eigenvalue weighted by Crippen LogP contribution is -2.14. The van der Waals surface area contributed by atoms with E-state index in [4.69, 9.17) is 0 Å². The maximum Gasteiger partial charge on any atom is 0.276 e. The van der Waals surface area contributed by atoms with Gasteiger partial charge in [0.2, 0.25) is 0 Å². The van der Waals surface area contributed by atoms with Gasteiger partial charge in [0.15, 0.2) is 5.13 Å². The predicted octanol–water partition coefficient (Wildman–Crippen LogP) is 4.35. The number of aromatic nitrogens is 3. The predicted molar refractivity (Wildman–Crippen MR) is 101 cm³/mol. The Kier molecular flexibility index (Phi) is 3.82. The molecule has 25 heavy (non-hydrogen) atoms. The zero-order chi connectivity index (χ0) is 17.4. The summed E-state index contributed by atoms with van der Waals surface area (Å²) in [7, 11) is 0. The molecule has 2 aromatic heterocycles. The molecule has 4 rings (SSSR count). The topological polar surface area (TPSA) is 59.8 Å². The Morgan fingerprint density at radius 2 is 1.92 bits per heavy atom. The van der Waals surface area contributed by atoms with Gasteiger partial charge in [-0.3, -0.25) is 9.36 Å². The van der Waals surface area contributed by atoms with Crippen LogP contribution in [0.15, 0.2) is 54.0 Å². The number of aryl methyl sites for hydroxylation is 1. The lowest BCUT2D eigenvalue weighted by Gasteiger charge is -2.08. The maximum absolute atomic E-state index is 12.8. The summed E-state index contributed by atoms with van der Waals surface area (Å²) in [6.45, 7) is 3.77. The van der Waals surface area contributed by atoms with E-state index in [0.717, 1.165) is 33.1 Å². The summed E-state index contributed by atoms with van der Waals surface area (Å²) >= 11 is 1.52. The SMILES string of the molecule is Cc1nc(C(=O)Nc2cccc3ccccc23)c(C)n1-c1nccs1. The van der Waals surface area contributed by atoms with Crippen molar-refractivity contribution >= 4 is 33.7 Å². The van der Waals surface area contributed by atoms with Crippen LogP contribution in [-0.2, 0) is 0 Å². The first-order chi connectivity index (χ1) is 12.1.